The van der Waals surface area contributed by atoms with Crippen LogP contribution in [0.5, 0.6) is 0 Å². The molecule has 0 bridgehead atoms. The summed E-state index contributed by atoms with van der Waals surface area (Å²) in [5, 5.41) is 20.9. The fraction of sp³-hybridized carbons (Fsp3) is 0.135. The Labute approximate surface area is 267 Å². The van der Waals surface area contributed by atoms with Crippen molar-refractivity contribution in [3.8, 4) is 33.3 Å². The highest BCUT2D eigenvalue weighted by Crippen LogP contribution is 2.51. The SMILES string of the molecule is CCC1(CC)c2ccccc2-n2c3ccc(-c4ccc(-c5ccc(/C=C(/C#N)C(=O)O)s5)c5nsnc45)cc3c3cccc1c32. The molecule has 8 heteroatoms. The van der Waals surface area contributed by atoms with Crippen molar-refractivity contribution in [3.63, 3.8) is 0 Å². The third kappa shape index (κ3) is 3.88. The fourth-order valence-electron chi connectivity index (χ4n) is 7.26. The van der Waals surface area contributed by atoms with Gasteiger partial charge in [0.25, 0.3) is 0 Å². The molecule has 8 rings (SSSR count). The summed E-state index contributed by atoms with van der Waals surface area (Å²) >= 11 is 2.61. The van der Waals surface area contributed by atoms with Crippen LogP contribution in [0.2, 0.25) is 0 Å². The van der Waals surface area contributed by atoms with Crippen molar-refractivity contribution < 1.29 is 9.90 Å². The van der Waals surface area contributed by atoms with Crippen LogP contribution >= 0.6 is 23.1 Å². The Morgan fingerprint density at radius 2 is 1.67 bits per heavy atom. The van der Waals surface area contributed by atoms with E-state index in [-0.39, 0.29) is 11.0 Å². The average molecular weight is 623 g/mol. The maximum atomic E-state index is 11.3. The van der Waals surface area contributed by atoms with Gasteiger partial charge in [0.1, 0.15) is 22.7 Å². The van der Waals surface area contributed by atoms with Crippen molar-refractivity contribution in [1.82, 2.24) is 13.3 Å². The summed E-state index contributed by atoms with van der Waals surface area (Å²) in [4.78, 5) is 13.0. The smallest absolute Gasteiger partial charge is 0.346 e. The van der Waals surface area contributed by atoms with E-state index >= 15 is 0 Å². The zero-order chi connectivity index (χ0) is 30.9. The van der Waals surface area contributed by atoms with E-state index in [0.29, 0.717) is 4.88 Å². The Morgan fingerprint density at radius 1 is 0.911 bits per heavy atom. The summed E-state index contributed by atoms with van der Waals surface area (Å²) in [5.41, 5.74) is 10.9. The van der Waals surface area contributed by atoms with Crippen molar-refractivity contribution >= 4 is 67.9 Å². The van der Waals surface area contributed by atoms with Crippen molar-refractivity contribution in [1.29, 1.82) is 5.26 Å². The van der Waals surface area contributed by atoms with Gasteiger partial charge in [0.05, 0.1) is 28.4 Å². The van der Waals surface area contributed by atoms with Crippen molar-refractivity contribution in [2.75, 3.05) is 0 Å². The molecule has 0 amide bonds. The lowest BCUT2D eigenvalue weighted by Crippen LogP contribution is -2.31. The van der Waals surface area contributed by atoms with Gasteiger partial charge >= 0.3 is 5.97 Å². The number of fused-ring (bicyclic) bond motifs is 6. The van der Waals surface area contributed by atoms with Crippen molar-refractivity contribution in [3.05, 3.63) is 107 Å². The van der Waals surface area contributed by atoms with Gasteiger partial charge in [-0.1, -0.05) is 68.4 Å². The number of carboxylic acid groups (broad SMARTS) is 1. The molecule has 7 aromatic rings. The lowest BCUT2D eigenvalue weighted by atomic mass is 9.68. The number of aliphatic carboxylic acids is 1. The largest absolute Gasteiger partial charge is 0.477 e. The Morgan fingerprint density at radius 3 is 2.44 bits per heavy atom. The van der Waals surface area contributed by atoms with Gasteiger partial charge in [0, 0.05) is 37.1 Å². The summed E-state index contributed by atoms with van der Waals surface area (Å²) in [5.74, 6) is -1.24. The van der Waals surface area contributed by atoms with E-state index in [0.717, 1.165) is 45.4 Å². The number of aromatic nitrogens is 3. The van der Waals surface area contributed by atoms with Gasteiger partial charge in [0.15, 0.2) is 0 Å². The number of carbonyl (C=O) groups is 1. The predicted octanol–water partition coefficient (Wildman–Crippen LogP) is 9.59. The average Bonchev–Trinajstić information content (AvgIpc) is 3.82. The number of benzene rings is 4. The number of thiophene rings is 1. The van der Waals surface area contributed by atoms with Crippen molar-refractivity contribution in [2.45, 2.75) is 32.1 Å². The molecule has 0 radical (unpaired) electrons. The Balaban J connectivity index is 1.30. The zero-order valence-corrected chi connectivity index (χ0v) is 26.2. The summed E-state index contributed by atoms with van der Waals surface area (Å²) in [6.07, 6.45) is 3.47. The minimum absolute atomic E-state index is 0.0289. The van der Waals surface area contributed by atoms with E-state index in [1.54, 1.807) is 6.07 Å². The first-order valence-electron chi connectivity index (χ1n) is 14.9. The molecule has 218 valence electrons. The molecular formula is C37H26N4O2S2. The normalized spacial score (nSPS) is 13.8. The number of para-hydroxylation sites is 2. The first-order valence-corrected chi connectivity index (χ1v) is 16.4. The Hall–Kier alpha value is -5.10. The van der Waals surface area contributed by atoms with E-state index < -0.39 is 5.97 Å². The minimum Gasteiger partial charge on any atom is -0.477 e. The number of nitriles is 1. The van der Waals surface area contributed by atoms with Crippen LogP contribution in [0.25, 0.3) is 66.2 Å². The summed E-state index contributed by atoms with van der Waals surface area (Å²) < 4.78 is 11.9. The second kappa shape index (κ2) is 10.2. The molecule has 0 spiro atoms. The van der Waals surface area contributed by atoms with E-state index in [1.807, 2.05) is 12.1 Å². The van der Waals surface area contributed by atoms with E-state index in [1.165, 1.54) is 67.8 Å². The van der Waals surface area contributed by atoms with Gasteiger partial charge in [-0.25, -0.2) is 4.79 Å². The Kier molecular flexibility index (Phi) is 6.24. The number of hydrogen-bond acceptors (Lipinski definition) is 6. The molecule has 1 aliphatic heterocycles. The molecule has 6 nitrogen and oxygen atoms in total. The van der Waals surface area contributed by atoms with Gasteiger partial charge < -0.3 is 9.67 Å². The first-order chi connectivity index (χ1) is 22.0. The van der Waals surface area contributed by atoms with Gasteiger partial charge in [-0.2, -0.15) is 14.0 Å². The highest BCUT2D eigenvalue weighted by atomic mass is 32.1. The zero-order valence-electron chi connectivity index (χ0n) is 24.5. The van der Waals surface area contributed by atoms with Crippen LogP contribution < -0.4 is 0 Å². The van der Waals surface area contributed by atoms with E-state index in [9.17, 15) is 9.90 Å². The molecule has 0 fully saturated rings. The molecule has 4 heterocycles. The highest BCUT2D eigenvalue weighted by molar-refractivity contribution is 7.16. The number of hydrogen-bond donors (Lipinski definition) is 1. The third-order valence-electron chi connectivity index (χ3n) is 9.43. The molecule has 3 aromatic heterocycles. The quantitative estimate of drug-likeness (QED) is 0.147. The molecular weight excluding hydrogens is 597 g/mol. The van der Waals surface area contributed by atoms with Crippen LogP contribution in [0.3, 0.4) is 0 Å². The second-order valence-electron chi connectivity index (χ2n) is 11.4. The first kappa shape index (κ1) is 27.4. The van der Waals surface area contributed by atoms with E-state index in [4.69, 9.17) is 9.64 Å². The molecule has 1 N–H and O–H groups in total. The van der Waals surface area contributed by atoms with Crippen LogP contribution in [-0.2, 0) is 10.2 Å². The van der Waals surface area contributed by atoms with Crippen LogP contribution in [0.15, 0.2) is 90.5 Å². The number of carboxylic acids is 1. The van der Waals surface area contributed by atoms with E-state index in [2.05, 4.69) is 95.6 Å². The molecule has 0 unspecified atom stereocenters. The third-order valence-corrected chi connectivity index (χ3v) is 11.0. The second-order valence-corrected chi connectivity index (χ2v) is 13.0. The van der Waals surface area contributed by atoms with Crippen LogP contribution in [0.4, 0.5) is 0 Å². The highest BCUT2D eigenvalue weighted by Gasteiger charge is 2.39. The maximum absolute atomic E-state index is 11.3. The number of rotatable bonds is 6. The topological polar surface area (TPSA) is 91.8 Å². The lowest BCUT2D eigenvalue weighted by Gasteiger charge is -2.39. The molecule has 0 atom stereocenters. The summed E-state index contributed by atoms with van der Waals surface area (Å²) in [7, 11) is 0. The fourth-order valence-corrected chi connectivity index (χ4v) is 8.81. The molecule has 0 saturated heterocycles. The van der Waals surface area contributed by atoms with Crippen molar-refractivity contribution in [2.24, 2.45) is 0 Å². The predicted molar refractivity (Wildman–Crippen MR) is 183 cm³/mol. The molecule has 0 saturated carbocycles. The van der Waals surface area contributed by atoms with Crippen LogP contribution in [-0.4, -0.2) is 24.4 Å². The molecule has 1 aliphatic rings. The standard InChI is InChI=1S/C37H26N4O2S2/c1-3-37(4-2)28-9-5-6-11-31(28)41-30-16-12-21(19-27(30)25-8-7-10-29(37)35(25)41)24-14-15-26(34-33(24)39-45-40-34)32-17-13-23(44-32)18-22(20-38)36(42)43/h5-19H,3-4H2,1-2H3,(H,42,43)/b22-18-. The van der Waals surface area contributed by atoms with Gasteiger partial charge in [0.2, 0.25) is 0 Å². The van der Waals surface area contributed by atoms with Gasteiger partial charge in [-0.3, -0.25) is 0 Å². The lowest BCUT2D eigenvalue weighted by molar-refractivity contribution is -0.132. The summed E-state index contributed by atoms with van der Waals surface area (Å²) in [6, 6.07) is 32.0. The minimum atomic E-state index is -1.24. The summed E-state index contributed by atoms with van der Waals surface area (Å²) in [6.45, 7) is 4.61. The number of nitrogens with zero attached hydrogens (tertiary/aromatic N) is 4. The molecule has 45 heavy (non-hydrogen) atoms. The van der Waals surface area contributed by atoms with Gasteiger partial charge in [-0.15, -0.1) is 11.3 Å². The maximum Gasteiger partial charge on any atom is 0.346 e. The Bertz CT molecular complexity index is 2420. The van der Waals surface area contributed by atoms with Gasteiger partial charge in [-0.05, 0) is 65.9 Å². The van der Waals surface area contributed by atoms with Crippen LogP contribution in [0.1, 0.15) is 42.7 Å². The molecule has 0 aliphatic carbocycles. The molecule has 4 aromatic carbocycles. The van der Waals surface area contributed by atoms with Crippen LogP contribution in [0, 0.1) is 11.3 Å². The monoisotopic (exact) mass is 622 g/mol.